The molecule has 2 heterocycles. The Hall–Kier alpha value is -1.56. The van der Waals surface area contributed by atoms with Crippen molar-refractivity contribution >= 4 is 29.6 Å². The lowest BCUT2D eigenvalue weighted by atomic mass is 10.0. The highest BCUT2D eigenvalue weighted by molar-refractivity contribution is 8.00. The molecule has 0 radical (unpaired) electrons. The first kappa shape index (κ1) is 22.7. The number of hydrogen-bond donors (Lipinski definition) is 5. The molecule has 2 fully saturated rings. The van der Waals surface area contributed by atoms with Crippen LogP contribution >= 0.6 is 11.8 Å². The Balaban J connectivity index is 1.37. The minimum Gasteiger partial charge on any atom is -0.379 e. The van der Waals surface area contributed by atoms with E-state index in [1.165, 1.54) is 0 Å². The Morgan fingerprint density at radius 3 is 2.64 bits per heavy atom. The van der Waals surface area contributed by atoms with Crippen molar-refractivity contribution in [3.05, 3.63) is 0 Å². The zero-order valence-electron chi connectivity index (χ0n) is 16.0. The van der Waals surface area contributed by atoms with Gasteiger partial charge in [-0.3, -0.25) is 15.0 Å². The van der Waals surface area contributed by atoms with Crippen LogP contribution in [0.15, 0.2) is 0 Å². The van der Waals surface area contributed by atoms with E-state index >= 15 is 0 Å². The monoisotopic (exact) mass is 417 g/mol. The zero-order valence-corrected chi connectivity index (χ0v) is 16.9. The number of hydrazine groups is 1. The van der Waals surface area contributed by atoms with Crippen molar-refractivity contribution in [3.8, 4) is 0 Å². The number of nitrogens with two attached hydrogens (primary N) is 1. The Kier molecular flexibility index (Phi) is 10.4. The molecule has 28 heavy (non-hydrogen) atoms. The zero-order chi connectivity index (χ0) is 20.2. The number of carbonyl (C=O) groups excluding carboxylic acids is 3. The fourth-order valence-electron chi connectivity index (χ4n) is 3.18. The molecule has 0 aliphatic carbocycles. The van der Waals surface area contributed by atoms with Gasteiger partial charge in [0.1, 0.15) is 0 Å². The first-order valence-corrected chi connectivity index (χ1v) is 10.8. The summed E-state index contributed by atoms with van der Waals surface area (Å²) in [4.78, 5) is 34.0. The third kappa shape index (κ3) is 8.21. The second-order valence-corrected chi connectivity index (χ2v) is 8.03. The number of amides is 4. The van der Waals surface area contributed by atoms with Gasteiger partial charge < -0.3 is 25.4 Å². The minimum atomic E-state index is -0.267. The van der Waals surface area contributed by atoms with Crippen molar-refractivity contribution in [1.82, 2.24) is 21.4 Å². The molecule has 160 valence electrons. The summed E-state index contributed by atoms with van der Waals surface area (Å²) in [5.41, 5.74) is 2.03. The van der Waals surface area contributed by atoms with Crippen LogP contribution in [0.3, 0.4) is 0 Å². The molecule has 10 nitrogen and oxygen atoms in total. The number of ether oxygens (including phenoxy) is 2. The molecule has 4 amide bonds. The standard InChI is InChI=1S/C17H31N5O5S/c18-22-15(24)5-7-26-9-10-27-8-6-19-14(23)4-2-1-3-13-16-12(11-28-13)20-17(25)21-16/h12-13,16H,1-11,18H2,(H,19,23)(H,22,24)(H2,20,21,25). The first-order valence-electron chi connectivity index (χ1n) is 9.70. The van der Waals surface area contributed by atoms with E-state index in [4.69, 9.17) is 15.3 Å². The van der Waals surface area contributed by atoms with Gasteiger partial charge in [0, 0.05) is 24.0 Å². The molecule has 3 unspecified atom stereocenters. The van der Waals surface area contributed by atoms with Crippen LogP contribution in [0.2, 0.25) is 0 Å². The van der Waals surface area contributed by atoms with Crippen molar-refractivity contribution in [2.75, 3.05) is 38.7 Å². The second-order valence-electron chi connectivity index (χ2n) is 6.76. The third-order valence-electron chi connectivity index (χ3n) is 4.66. The van der Waals surface area contributed by atoms with Crippen molar-refractivity contribution in [3.63, 3.8) is 0 Å². The number of unbranched alkanes of at least 4 members (excludes halogenated alkanes) is 1. The topological polar surface area (TPSA) is 144 Å². The van der Waals surface area contributed by atoms with Crippen LogP contribution in [0.1, 0.15) is 32.1 Å². The van der Waals surface area contributed by atoms with Crippen LogP contribution in [0.5, 0.6) is 0 Å². The van der Waals surface area contributed by atoms with Gasteiger partial charge in [-0.1, -0.05) is 6.42 Å². The number of urea groups is 1. The molecule has 0 aromatic carbocycles. The number of carbonyl (C=O) groups is 3. The van der Waals surface area contributed by atoms with Gasteiger partial charge in [-0.15, -0.1) is 0 Å². The third-order valence-corrected chi connectivity index (χ3v) is 6.16. The van der Waals surface area contributed by atoms with Crippen molar-refractivity contribution in [2.45, 2.75) is 49.4 Å². The fourth-order valence-corrected chi connectivity index (χ4v) is 4.73. The Bertz CT molecular complexity index is 524. The number of rotatable bonds is 14. The predicted molar refractivity (Wildman–Crippen MR) is 106 cm³/mol. The van der Waals surface area contributed by atoms with Crippen LogP contribution in [0.25, 0.3) is 0 Å². The van der Waals surface area contributed by atoms with Gasteiger partial charge >= 0.3 is 6.03 Å². The van der Waals surface area contributed by atoms with Gasteiger partial charge in [0.15, 0.2) is 0 Å². The van der Waals surface area contributed by atoms with Crippen LogP contribution in [0, 0.1) is 0 Å². The molecule has 11 heteroatoms. The highest BCUT2D eigenvalue weighted by atomic mass is 32.2. The maximum Gasteiger partial charge on any atom is 0.315 e. The molecule has 2 aliphatic heterocycles. The highest BCUT2D eigenvalue weighted by Gasteiger charge is 2.42. The second kappa shape index (κ2) is 12.8. The summed E-state index contributed by atoms with van der Waals surface area (Å²) in [7, 11) is 0. The van der Waals surface area contributed by atoms with E-state index in [1.807, 2.05) is 17.2 Å². The van der Waals surface area contributed by atoms with E-state index in [0.29, 0.717) is 44.6 Å². The van der Waals surface area contributed by atoms with Gasteiger partial charge in [0.2, 0.25) is 11.8 Å². The number of nitrogens with one attached hydrogen (secondary N) is 4. The van der Waals surface area contributed by atoms with E-state index in [0.717, 1.165) is 25.0 Å². The molecule has 0 aromatic rings. The summed E-state index contributed by atoms with van der Waals surface area (Å²) >= 11 is 1.89. The Morgan fingerprint density at radius 1 is 1.07 bits per heavy atom. The van der Waals surface area contributed by atoms with Crippen molar-refractivity contribution in [2.24, 2.45) is 5.84 Å². The van der Waals surface area contributed by atoms with Crippen LogP contribution < -0.4 is 27.2 Å². The van der Waals surface area contributed by atoms with E-state index in [9.17, 15) is 14.4 Å². The summed E-state index contributed by atoms with van der Waals surface area (Å²) in [5, 5.41) is 9.19. The molecule has 3 atom stereocenters. The predicted octanol–water partition coefficient (Wildman–Crippen LogP) is -0.758. The Morgan fingerprint density at radius 2 is 1.86 bits per heavy atom. The van der Waals surface area contributed by atoms with Crippen LogP contribution in [-0.2, 0) is 19.1 Å². The molecular weight excluding hydrogens is 386 g/mol. The van der Waals surface area contributed by atoms with Gasteiger partial charge in [-0.05, 0) is 12.8 Å². The molecule has 2 rings (SSSR count). The summed E-state index contributed by atoms with van der Waals surface area (Å²) in [6, 6.07) is 0.416. The van der Waals surface area contributed by atoms with Crippen LogP contribution in [-0.4, -0.2) is 73.9 Å². The summed E-state index contributed by atoms with van der Waals surface area (Å²) in [6.45, 7) is 1.99. The van der Waals surface area contributed by atoms with Crippen LogP contribution in [0.4, 0.5) is 4.79 Å². The molecule has 6 N–H and O–H groups in total. The average Bonchev–Trinajstić information content (AvgIpc) is 3.23. The van der Waals surface area contributed by atoms with E-state index in [-0.39, 0.29) is 36.3 Å². The average molecular weight is 418 g/mol. The number of hydrogen-bond acceptors (Lipinski definition) is 7. The van der Waals surface area contributed by atoms with Gasteiger partial charge in [-0.2, -0.15) is 11.8 Å². The minimum absolute atomic E-state index is 0.0282. The lowest BCUT2D eigenvalue weighted by molar-refractivity contribution is -0.122. The Labute approximate surface area is 169 Å². The number of thioether (sulfide) groups is 1. The van der Waals surface area contributed by atoms with Gasteiger partial charge in [0.25, 0.3) is 0 Å². The maximum atomic E-state index is 11.8. The van der Waals surface area contributed by atoms with Crippen molar-refractivity contribution in [1.29, 1.82) is 0 Å². The van der Waals surface area contributed by atoms with E-state index < -0.39 is 0 Å². The molecule has 2 aliphatic rings. The molecule has 0 bridgehead atoms. The fraction of sp³-hybridized carbons (Fsp3) is 0.824. The summed E-state index contributed by atoms with van der Waals surface area (Å²) in [5.74, 6) is 5.67. The highest BCUT2D eigenvalue weighted by Crippen LogP contribution is 2.33. The van der Waals surface area contributed by atoms with Gasteiger partial charge in [0.05, 0.1) is 44.9 Å². The molecule has 0 spiro atoms. The molecule has 0 saturated carbocycles. The normalized spacial score (nSPS) is 23.0. The molecule has 2 saturated heterocycles. The molecule has 0 aromatic heterocycles. The SMILES string of the molecule is NNC(=O)CCOCCOCCNC(=O)CCCCC1SCC2NC(=O)NC21. The maximum absolute atomic E-state index is 11.8. The first-order chi connectivity index (χ1) is 13.6. The largest absolute Gasteiger partial charge is 0.379 e. The lowest BCUT2D eigenvalue weighted by Crippen LogP contribution is -2.36. The van der Waals surface area contributed by atoms with Crippen molar-refractivity contribution < 1.29 is 23.9 Å². The van der Waals surface area contributed by atoms with E-state index in [1.54, 1.807) is 0 Å². The lowest BCUT2D eigenvalue weighted by Gasteiger charge is -2.16. The summed E-state index contributed by atoms with van der Waals surface area (Å²) in [6.07, 6.45) is 3.55. The molecular formula is C17H31N5O5S. The van der Waals surface area contributed by atoms with Gasteiger partial charge in [-0.25, -0.2) is 10.6 Å². The number of fused-ring (bicyclic) bond motifs is 1. The quantitative estimate of drug-likeness (QED) is 0.0822. The smallest absolute Gasteiger partial charge is 0.315 e. The summed E-state index contributed by atoms with van der Waals surface area (Å²) < 4.78 is 10.6. The van der Waals surface area contributed by atoms with E-state index in [2.05, 4.69) is 16.0 Å².